The van der Waals surface area contributed by atoms with Gasteiger partial charge in [0.05, 0.1) is 18.3 Å². The summed E-state index contributed by atoms with van der Waals surface area (Å²) in [5, 5.41) is 52.7. The third kappa shape index (κ3) is 5.16. The van der Waals surface area contributed by atoms with Gasteiger partial charge in [-0.3, -0.25) is 4.79 Å². The fourth-order valence-corrected chi connectivity index (χ4v) is 11.7. The molecule has 5 aliphatic rings. The van der Waals surface area contributed by atoms with Gasteiger partial charge in [0.2, 0.25) is 0 Å². The van der Waals surface area contributed by atoms with Crippen molar-refractivity contribution in [3.05, 3.63) is 0 Å². The molecule has 1 aliphatic heterocycles. The van der Waals surface area contributed by atoms with E-state index in [-0.39, 0.29) is 45.5 Å². The summed E-state index contributed by atoms with van der Waals surface area (Å²) in [6, 6.07) is 0. The fraction of sp³-hybridized carbons (Fsp3) is 0.972. The zero-order valence-electron chi connectivity index (χ0n) is 28.6. The Bertz CT molecular complexity index is 1060. The van der Waals surface area contributed by atoms with Crippen molar-refractivity contribution in [3.63, 3.8) is 0 Å². The van der Waals surface area contributed by atoms with Crippen LogP contribution in [0, 0.1) is 51.2 Å². The number of carbonyl (C=O) groups excluding carboxylic acids is 1. The topological polar surface area (TPSA) is 137 Å². The molecular formula is C36H62O8. The predicted octanol–water partition coefficient (Wildman–Crippen LogP) is 4.61. The first kappa shape index (κ1) is 34.7. The third-order valence-corrected chi connectivity index (χ3v) is 14.6. The van der Waals surface area contributed by atoms with Crippen LogP contribution in [-0.4, -0.2) is 80.3 Å². The number of ketones is 1. The molecule has 5 N–H and O–H groups in total. The molecule has 4 saturated carbocycles. The molecule has 5 rings (SSSR count). The van der Waals surface area contributed by atoms with Crippen LogP contribution in [0.25, 0.3) is 0 Å². The molecule has 0 radical (unpaired) electrons. The number of hydrogen-bond acceptors (Lipinski definition) is 8. The first-order valence-electron chi connectivity index (χ1n) is 17.6. The van der Waals surface area contributed by atoms with Gasteiger partial charge < -0.3 is 35.0 Å². The number of aliphatic hydroxyl groups excluding tert-OH is 5. The SMILES string of the molecule is CC(C)CCCC(C)(O[C@@H]1OC(CO)[C@@H](O)C(O)C1O)C1CC[C@]2(C)C1C(=O)CC1[C@@]3(C)CC[C@H](O)C(C)(C)C3CC[C@]12C. The van der Waals surface area contributed by atoms with Crippen LogP contribution in [0.3, 0.4) is 0 Å². The summed E-state index contributed by atoms with van der Waals surface area (Å²) >= 11 is 0. The lowest BCUT2D eigenvalue weighted by atomic mass is 9.35. The average Bonchev–Trinajstić information content (AvgIpc) is 3.33. The van der Waals surface area contributed by atoms with E-state index in [1.807, 2.05) is 0 Å². The number of rotatable bonds is 8. The summed E-state index contributed by atoms with van der Waals surface area (Å²) in [5.41, 5.74) is -1.26. The van der Waals surface area contributed by atoms with E-state index in [1.54, 1.807) is 0 Å². The monoisotopic (exact) mass is 622 g/mol. The third-order valence-electron chi connectivity index (χ3n) is 14.6. The van der Waals surface area contributed by atoms with Gasteiger partial charge in [0.15, 0.2) is 6.29 Å². The van der Waals surface area contributed by atoms with Crippen LogP contribution in [0.1, 0.15) is 120 Å². The molecule has 5 fully saturated rings. The van der Waals surface area contributed by atoms with Gasteiger partial charge in [-0.05, 0) is 97.2 Å². The number of carbonyl (C=O) groups is 1. The minimum atomic E-state index is -1.51. The van der Waals surface area contributed by atoms with Crippen molar-refractivity contribution >= 4 is 5.78 Å². The van der Waals surface area contributed by atoms with Crippen molar-refractivity contribution in [2.24, 2.45) is 51.2 Å². The van der Waals surface area contributed by atoms with Crippen LogP contribution < -0.4 is 0 Å². The predicted molar refractivity (Wildman–Crippen MR) is 167 cm³/mol. The second kappa shape index (κ2) is 11.8. The largest absolute Gasteiger partial charge is 0.394 e. The van der Waals surface area contributed by atoms with Gasteiger partial charge in [-0.1, -0.05) is 61.3 Å². The molecule has 4 aliphatic carbocycles. The summed E-state index contributed by atoms with van der Waals surface area (Å²) in [5.74, 6) is 1.16. The normalized spacial score (nSPS) is 50.1. The Hall–Kier alpha value is -0.610. The van der Waals surface area contributed by atoms with Crippen LogP contribution in [0.15, 0.2) is 0 Å². The van der Waals surface area contributed by atoms with Crippen molar-refractivity contribution < 1.29 is 39.8 Å². The number of ether oxygens (including phenoxy) is 2. The Morgan fingerprint density at radius 3 is 2.20 bits per heavy atom. The van der Waals surface area contributed by atoms with E-state index in [1.165, 1.54) is 0 Å². The number of hydrogen-bond donors (Lipinski definition) is 5. The highest BCUT2D eigenvalue weighted by Gasteiger charge is 2.71. The molecule has 8 nitrogen and oxygen atoms in total. The molecule has 8 unspecified atom stereocenters. The quantitative estimate of drug-likeness (QED) is 0.265. The number of aliphatic hydroxyl groups is 5. The molecule has 254 valence electrons. The fourth-order valence-electron chi connectivity index (χ4n) is 11.7. The average molecular weight is 623 g/mol. The Labute approximate surface area is 265 Å². The van der Waals surface area contributed by atoms with Crippen LogP contribution in [-0.2, 0) is 14.3 Å². The highest BCUT2D eigenvalue weighted by atomic mass is 16.7. The molecule has 0 aromatic heterocycles. The number of fused-ring (bicyclic) bond motifs is 5. The van der Waals surface area contributed by atoms with E-state index in [2.05, 4.69) is 55.4 Å². The summed E-state index contributed by atoms with van der Waals surface area (Å²) in [7, 11) is 0. The maximum atomic E-state index is 14.6. The smallest absolute Gasteiger partial charge is 0.187 e. The molecule has 1 heterocycles. The Morgan fingerprint density at radius 2 is 1.57 bits per heavy atom. The van der Waals surface area contributed by atoms with Crippen LogP contribution >= 0.6 is 0 Å². The van der Waals surface area contributed by atoms with Gasteiger partial charge in [-0.2, -0.15) is 0 Å². The maximum Gasteiger partial charge on any atom is 0.187 e. The molecule has 1 saturated heterocycles. The van der Waals surface area contributed by atoms with Gasteiger partial charge in [-0.15, -0.1) is 0 Å². The van der Waals surface area contributed by atoms with Crippen molar-refractivity contribution in [1.82, 2.24) is 0 Å². The Morgan fingerprint density at radius 1 is 0.909 bits per heavy atom. The van der Waals surface area contributed by atoms with Gasteiger partial charge >= 0.3 is 0 Å². The molecule has 0 spiro atoms. The lowest BCUT2D eigenvalue weighted by molar-refractivity contribution is -0.333. The van der Waals surface area contributed by atoms with Gasteiger partial charge in [0, 0.05) is 12.3 Å². The van der Waals surface area contributed by atoms with E-state index in [9.17, 15) is 30.3 Å². The maximum absolute atomic E-state index is 14.6. The van der Waals surface area contributed by atoms with Gasteiger partial charge in [0.1, 0.15) is 30.2 Å². The molecule has 0 amide bonds. The molecule has 0 aromatic carbocycles. The van der Waals surface area contributed by atoms with Crippen molar-refractivity contribution in [2.75, 3.05) is 6.61 Å². The minimum Gasteiger partial charge on any atom is -0.394 e. The summed E-state index contributed by atoms with van der Waals surface area (Å²) in [4.78, 5) is 14.6. The van der Waals surface area contributed by atoms with Crippen molar-refractivity contribution in [1.29, 1.82) is 0 Å². The Kier molecular flexibility index (Phi) is 9.32. The Balaban J connectivity index is 1.48. The number of Topliss-reactive ketones (excluding diaryl/α,β-unsaturated/α-hetero) is 1. The lowest BCUT2D eigenvalue weighted by Gasteiger charge is -2.69. The standard InChI is InChI=1S/C36H62O8/c1-20(2)10-9-14-36(8,44-31-30(42)29(41)28(40)23(19-37)43-31)21-11-16-35(7)27(21)22(38)18-25-33(5)15-13-26(39)32(3,4)24(33)12-17-34(25,35)6/h20-21,23-31,37,39-42H,9-19H2,1-8H3/t21?,23?,24?,25?,26-,27?,28+,29?,30?,31-,33-,34+,35+,36?/m0/s1. The van der Waals surface area contributed by atoms with E-state index < -0.39 is 42.9 Å². The van der Waals surface area contributed by atoms with E-state index >= 15 is 0 Å². The van der Waals surface area contributed by atoms with Gasteiger partial charge in [0.25, 0.3) is 0 Å². The van der Waals surface area contributed by atoms with Crippen molar-refractivity contribution in [3.8, 4) is 0 Å². The summed E-state index contributed by atoms with van der Waals surface area (Å²) < 4.78 is 12.6. The molecule has 0 bridgehead atoms. The van der Waals surface area contributed by atoms with E-state index in [0.717, 1.165) is 51.4 Å². The zero-order valence-corrected chi connectivity index (χ0v) is 28.6. The lowest BCUT2D eigenvalue weighted by Crippen LogP contribution is -2.66. The second-order valence-electron chi connectivity index (χ2n) is 17.6. The van der Waals surface area contributed by atoms with E-state index in [4.69, 9.17) is 9.47 Å². The summed E-state index contributed by atoms with van der Waals surface area (Å²) in [6.07, 6.45) is 1.67. The molecule has 8 heteroatoms. The molecule has 44 heavy (non-hydrogen) atoms. The van der Waals surface area contributed by atoms with E-state index in [0.29, 0.717) is 30.5 Å². The first-order valence-corrected chi connectivity index (χ1v) is 17.6. The second-order valence-corrected chi connectivity index (χ2v) is 17.6. The van der Waals surface area contributed by atoms with Gasteiger partial charge in [-0.25, -0.2) is 0 Å². The van der Waals surface area contributed by atoms with Crippen LogP contribution in [0.5, 0.6) is 0 Å². The zero-order chi connectivity index (χ0) is 32.6. The first-order chi connectivity index (χ1) is 20.4. The van der Waals surface area contributed by atoms with Crippen LogP contribution in [0.4, 0.5) is 0 Å². The highest BCUT2D eigenvalue weighted by Crippen LogP contribution is 2.75. The van der Waals surface area contributed by atoms with Crippen molar-refractivity contribution in [2.45, 2.75) is 162 Å². The molecular weight excluding hydrogens is 560 g/mol. The molecule has 14 atom stereocenters. The molecule has 0 aromatic rings. The minimum absolute atomic E-state index is 0.00908. The summed E-state index contributed by atoms with van der Waals surface area (Å²) in [6.45, 7) is 17.6. The van der Waals surface area contributed by atoms with Crippen LogP contribution in [0.2, 0.25) is 0 Å². The highest BCUT2D eigenvalue weighted by molar-refractivity contribution is 5.84.